The molecule has 0 bridgehead atoms. The third kappa shape index (κ3) is 3.91. The lowest BCUT2D eigenvalue weighted by atomic mass is 9.96. The first kappa shape index (κ1) is 16.4. The predicted octanol–water partition coefficient (Wildman–Crippen LogP) is 3.82. The minimum Gasteiger partial charge on any atom is -0.298 e. The Labute approximate surface area is 107 Å². The molecule has 0 radical (unpaired) electrons. The summed E-state index contributed by atoms with van der Waals surface area (Å²) < 4.78 is 99.3. The second kappa shape index (κ2) is 5.37. The van der Waals surface area contributed by atoms with Crippen molar-refractivity contribution in [3.8, 4) is 0 Å². The summed E-state index contributed by atoms with van der Waals surface area (Å²) in [5.41, 5.74) is -0.867. The summed E-state index contributed by atoms with van der Waals surface area (Å²) >= 11 is 0. The van der Waals surface area contributed by atoms with Gasteiger partial charge in [-0.05, 0) is 23.8 Å². The zero-order valence-corrected chi connectivity index (χ0v) is 9.45. The fourth-order valence-corrected chi connectivity index (χ4v) is 1.52. The molecule has 0 fully saturated rings. The van der Waals surface area contributed by atoms with Gasteiger partial charge in [0, 0.05) is 6.42 Å². The number of carbonyl (C=O) groups excluding carboxylic acids is 1. The normalized spacial score (nSPS) is 12.8. The van der Waals surface area contributed by atoms with Crippen molar-refractivity contribution in [3.63, 3.8) is 0 Å². The maximum atomic E-state index is 13.1. The number of alkyl halides is 6. The van der Waals surface area contributed by atoms with E-state index in [2.05, 4.69) is 0 Å². The van der Waals surface area contributed by atoms with Crippen LogP contribution < -0.4 is 0 Å². The summed E-state index contributed by atoms with van der Waals surface area (Å²) in [5.74, 6) is -8.86. The van der Waals surface area contributed by atoms with E-state index in [0.29, 0.717) is 18.2 Å². The van der Waals surface area contributed by atoms with Gasteiger partial charge in [-0.15, -0.1) is 0 Å². The van der Waals surface area contributed by atoms with E-state index in [1.54, 1.807) is 0 Å². The topological polar surface area (TPSA) is 17.1 Å². The number of Topliss-reactive ketones (excluding diaryl/α,β-unsaturated/α-hetero) is 1. The van der Waals surface area contributed by atoms with Gasteiger partial charge < -0.3 is 0 Å². The molecule has 1 aromatic rings. The fourth-order valence-electron chi connectivity index (χ4n) is 1.52. The zero-order valence-electron chi connectivity index (χ0n) is 9.45. The minimum absolute atomic E-state index is 0.372. The van der Waals surface area contributed by atoms with Gasteiger partial charge in [0.15, 0.2) is 5.78 Å². The molecule has 0 aliphatic rings. The molecule has 0 aromatic heterocycles. The van der Waals surface area contributed by atoms with E-state index in [1.165, 1.54) is 0 Å². The summed E-state index contributed by atoms with van der Waals surface area (Å²) in [6.07, 6.45) is -13.2. The third-order valence-electron chi connectivity index (χ3n) is 2.35. The van der Waals surface area contributed by atoms with E-state index in [0.717, 1.165) is 0 Å². The Morgan fingerprint density at radius 2 is 1.50 bits per heavy atom. The molecular weight excluding hydrogens is 300 g/mol. The van der Waals surface area contributed by atoms with Crippen molar-refractivity contribution in [3.05, 3.63) is 35.4 Å². The number of hydrogen-bond acceptors (Lipinski definition) is 1. The van der Waals surface area contributed by atoms with Crippen LogP contribution in [0, 0.1) is 17.6 Å². The maximum Gasteiger partial charge on any atom is 0.407 e. The molecule has 112 valence electrons. The van der Waals surface area contributed by atoms with E-state index < -0.39 is 47.7 Å². The summed E-state index contributed by atoms with van der Waals surface area (Å²) in [6, 6.07) is 1.50. The van der Waals surface area contributed by atoms with E-state index in [9.17, 15) is 39.9 Å². The maximum absolute atomic E-state index is 13.1. The first-order valence-corrected chi connectivity index (χ1v) is 5.03. The molecule has 0 aliphatic heterocycles. The van der Waals surface area contributed by atoms with Gasteiger partial charge in [-0.25, -0.2) is 8.78 Å². The molecule has 0 saturated carbocycles. The van der Waals surface area contributed by atoms with Crippen LogP contribution in [-0.2, 0) is 11.2 Å². The molecule has 0 spiro atoms. The molecule has 0 atom stereocenters. The Morgan fingerprint density at radius 3 is 1.95 bits per heavy atom. The summed E-state index contributed by atoms with van der Waals surface area (Å²) in [7, 11) is 0. The van der Waals surface area contributed by atoms with Gasteiger partial charge in [0.2, 0.25) is 5.92 Å². The van der Waals surface area contributed by atoms with Gasteiger partial charge in [0.1, 0.15) is 11.6 Å². The van der Waals surface area contributed by atoms with Crippen LogP contribution in [0.2, 0.25) is 0 Å². The van der Waals surface area contributed by atoms with Gasteiger partial charge in [0.05, 0.1) is 0 Å². The molecule has 1 rings (SSSR count). The Hall–Kier alpha value is -1.67. The van der Waals surface area contributed by atoms with Crippen molar-refractivity contribution in [2.45, 2.75) is 18.8 Å². The van der Waals surface area contributed by atoms with Gasteiger partial charge in [0.25, 0.3) is 0 Å². The number of ketones is 1. The van der Waals surface area contributed by atoms with Crippen LogP contribution in [0.15, 0.2) is 18.2 Å². The van der Waals surface area contributed by atoms with Crippen molar-refractivity contribution < 1.29 is 39.9 Å². The van der Waals surface area contributed by atoms with Gasteiger partial charge in [-0.2, -0.15) is 26.3 Å². The van der Waals surface area contributed by atoms with Crippen LogP contribution in [0.3, 0.4) is 0 Å². The van der Waals surface area contributed by atoms with Crippen molar-refractivity contribution in [2.75, 3.05) is 0 Å². The van der Waals surface area contributed by atoms with Crippen LogP contribution in [0.5, 0.6) is 0 Å². The SMILES string of the molecule is O=C(Cc1cc(F)ccc1F)C(C(F)(F)F)C(F)(F)F. The lowest BCUT2D eigenvalue weighted by Crippen LogP contribution is -2.43. The smallest absolute Gasteiger partial charge is 0.298 e. The number of benzene rings is 1. The highest BCUT2D eigenvalue weighted by Gasteiger charge is 2.60. The van der Waals surface area contributed by atoms with Crippen LogP contribution in [0.1, 0.15) is 5.56 Å². The summed E-state index contributed by atoms with van der Waals surface area (Å²) in [4.78, 5) is 11.1. The number of hydrogen-bond donors (Lipinski definition) is 0. The fraction of sp³-hybridized carbons (Fsp3) is 0.364. The first-order chi connectivity index (χ1) is 8.93. The van der Waals surface area contributed by atoms with Crippen LogP contribution in [0.25, 0.3) is 0 Å². The molecule has 0 amide bonds. The van der Waals surface area contributed by atoms with Crippen LogP contribution in [0.4, 0.5) is 35.1 Å². The summed E-state index contributed by atoms with van der Waals surface area (Å²) in [5, 5.41) is 0. The molecule has 0 N–H and O–H groups in total. The largest absolute Gasteiger partial charge is 0.407 e. The Balaban J connectivity index is 3.07. The lowest BCUT2D eigenvalue weighted by Gasteiger charge is -2.21. The van der Waals surface area contributed by atoms with E-state index in [-0.39, 0.29) is 0 Å². The zero-order chi connectivity index (χ0) is 15.7. The van der Waals surface area contributed by atoms with Crippen molar-refractivity contribution in [2.24, 2.45) is 5.92 Å². The van der Waals surface area contributed by atoms with Gasteiger partial charge in [-0.3, -0.25) is 4.79 Å². The number of carbonyl (C=O) groups is 1. The van der Waals surface area contributed by atoms with E-state index in [1.807, 2.05) is 0 Å². The van der Waals surface area contributed by atoms with Crippen molar-refractivity contribution >= 4 is 5.78 Å². The van der Waals surface area contributed by atoms with Gasteiger partial charge in [-0.1, -0.05) is 0 Å². The highest BCUT2D eigenvalue weighted by molar-refractivity contribution is 5.84. The third-order valence-corrected chi connectivity index (χ3v) is 2.35. The van der Waals surface area contributed by atoms with E-state index >= 15 is 0 Å². The highest BCUT2D eigenvalue weighted by Crippen LogP contribution is 2.40. The molecule has 1 nitrogen and oxygen atoms in total. The highest BCUT2D eigenvalue weighted by atomic mass is 19.4. The molecule has 0 unspecified atom stereocenters. The Morgan fingerprint density at radius 1 is 1.00 bits per heavy atom. The predicted molar refractivity (Wildman–Crippen MR) is 50.7 cm³/mol. The standard InChI is InChI=1S/C11H6F8O/c12-6-1-2-7(13)5(3-6)4-8(20)9(10(14,15)16)11(17,18)19/h1-3,9H,4H2. The Kier molecular flexibility index (Phi) is 4.40. The number of halogens is 8. The second-order valence-corrected chi connectivity index (χ2v) is 3.90. The molecule has 20 heavy (non-hydrogen) atoms. The molecule has 0 aliphatic carbocycles. The van der Waals surface area contributed by atoms with Crippen molar-refractivity contribution in [1.82, 2.24) is 0 Å². The van der Waals surface area contributed by atoms with Gasteiger partial charge >= 0.3 is 12.4 Å². The summed E-state index contributed by atoms with van der Waals surface area (Å²) in [6.45, 7) is 0. The quantitative estimate of drug-likeness (QED) is 0.776. The monoisotopic (exact) mass is 306 g/mol. The van der Waals surface area contributed by atoms with E-state index in [4.69, 9.17) is 0 Å². The second-order valence-electron chi connectivity index (χ2n) is 3.90. The van der Waals surface area contributed by atoms with Crippen LogP contribution in [-0.4, -0.2) is 18.1 Å². The molecule has 0 saturated heterocycles. The molecule has 1 aromatic carbocycles. The molecule has 0 heterocycles. The average molecular weight is 306 g/mol. The average Bonchev–Trinajstić information content (AvgIpc) is 2.18. The van der Waals surface area contributed by atoms with Crippen LogP contribution >= 0.6 is 0 Å². The first-order valence-electron chi connectivity index (χ1n) is 5.03. The van der Waals surface area contributed by atoms with Crippen molar-refractivity contribution in [1.29, 1.82) is 0 Å². The lowest BCUT2D eigenvalue weighted by molar-refractivity contribution is -0.273. The minimum atomic E-state index is -5.85. The number of rotatable bonds is 3. The molecule has 9 heteroatoms. The molecular formula is C11H6F8O. The Bertz CT molecular complexity index is 488.